The van der Waals surface area contributed by atoms with Crippen LogP contribution in [-0.2, 0) is 13.6 Å². The molecule has 1 aliphatic heterocycles. The first kappa shape index (κ1) is 18.8. The number of nitrogens with zero attached hydrogens (tertiary/aromatic N) is 3. The molecule has 5 nitrogen and oxygen atoms in total. The van der Waals surface area contributed by atoms with Gasteiger partial charge in [0.1, 0.15) is 6.61 Å². The Kier molecular flexibility index (Phi) is 5.92. The van der Waals surface area contributed by atoms with Crippen LogP contribution in [0.2, 0.25) is 0 Å². The number of piperidine rings is 1. The van der Waals surface area contributed by atoms with Gasteiger partial charge in [0.15, 0.2) is 6.10 Å². The van der Waals surface area contributed by atoms with Gasteiger partial charge in [-0.25, -0.2) is 4.68 Å². The van der Waals surface area contributed by atoms with Crippen molar-refractivity contribution in [2.24, 2.45) is 13.0 Å². The van der Waals surface area contributed by atoms with Gasteiger partial charge in [-0.1, -0.05) is 12.7 Å². The highest BCUT2D eigenvalue weighted by Gasteiger charge is 2.44. The lowest BCUT2D eigenvalue weighted by Crippen LogP contribution is -2.43. The Labute approximate surface area is 139 Å². The molecule has 0 aliphatic carbocycles. The van der Waals surface area contributed by atoms with Crippen LogP contribution in [0.4, 0.5) is 13.2 Å². The van der Waals surface area contributed by atoms with E-state index in [1.165, 1.54) is 0 Å². The van der Waals surface area contributed by atoms with Crippen molar-refractivity contribution in [2.75, 3.05) is 19.7 Å². The van der Waals surface area contributed by atoms with Crippen LogP contribution in [0, 0.1) is 12.8 Å². The molecule has 0 bridgehead atoms. The molecule has 0 aromatic carbocycles. The van der Waals surface area contributed by atoms with Crippen molar-refractivity contribution in [3.8, 4) is 5.88 Å². The van der Waals surface area contributed by atoms with Gasteiger partial charge < -0.3 is 9.84 Å². The molecule has 8 heteroatoms. The summed E-state index contributed by atoms with van der Waals surface area (Å²) in [5.41, 5.74) is 1.78. The number of halogens is 3. The number of likely N-dealkylation sites (tertiary alicyclic amines) is 1. The lowest BCUT2D eigenvalue weighted by atomic mass is 9.90. The fourth-order valence-electron chi connectivity index (χ4n) is 3.10. The molecule has 0 saturated carbocycles. The molecule has 1 aliphatic rings. The van der Waals surface area contributed by atoms with E-state index >= 15 is 0 Å². The van der Waals surface area contributed by atoms with Gasteiger partial charge in [0.25, 0.3) is 0 Å². The molecule has 1 saturated heterocycles. The number of aliphatic hydroxyl groups excluding tert-OH is 1. The lowest BCUT2D eigenvalue weighted by Gasteiger charge is -2.34. The predicted octanol–water partition coefficient (Wildman–Crippen LogP) is 2.43. The Balaban J connectivity index is 1.98. The Bertz CT molecular complexity index is 564. The first-order chi connectivity index (χ1) is 11.2. The van der Waals surface area contributed by atoms with Crippen molar-refractivity contribution in [1.29, 1.82) is 0 Å². The Morgan fingerprint density at radius 2 is 2.04 bits per heavy atom. The van der Waals surface area contributed by atoms with Crippen LogP contribution >= 0.6 is 0 Å². The zero-order chi connectivity index (χ0) is 17.9. The highest BCUT2D eigenvalue weighted by molar-refractivity contribution is 5.31. The second-order valence-electron chi connectivity index (χ2n) is 6.19. The molecule has 1 atom stereocenters. The molecular weight excluding hydrogens is 323 g/mol. The summed E-state index contributed by atoms with van der Waals surface area (Å²) in [6, 6.07) is 0. The molecular formula is C16H24F3N3O2. The SMILES string of the molecule is C=CCOc1c(CN2CCC(C(O)C(F)(F)F)CC2)c(C)nn1C. The maximum Gasteiger partial charge on any atom is 0.414 e. The van der Waals surface area contributed by atoms with E-state index in [4.69, 9.17) is 4.74 Å². The van der Waals surface area contributed by atoms with Crippen LogP contribution in [0.25, 0.3) is 0 Å². The van der Waals surface area contributed by atoms with Crippen molar-refractivity contribution in [3.63, 3.8) is 0 Å². The molecule has 2 heterocycles. The van der Waals surface area contributed by atoms with E-state index in [2.05, 4.69) is 16.6 Å². The van der Waals surface area contributed by atoms with Crippen LogP contribution < -0.4 is 4.74 Å². The largest absolute Gasteiger partial charge is 0.473 e. The molecule has 24 heavy (non-hydrogen) atoms. The van der Waals surface area contributed by atoms with E-state index in [1.807, 2.05) is 6.92 Å². The highest BCUT2D eigenvalue weighted by atomic mass is 19.4. The van der Waals surface area contributed by atoms with Crippen LogP contribution in [0.3, 0.4) is 0 Å². The van der Waals surface area contributed by atoms with E-state index in [0.29, 0.717) is 45.0 Å². The molecule has 0 radical (unpaired) electrons. The number of aromatic nitrogens is 2. The van der Waals surface area contributed by atoms with E-state index in [9.17, 15) is 18.3 Å². The third-order valence-electron chi connectivity index (χ3n) is 4.42. The van der Waals surface area contributed by atoms with E-state index in [-0.39, 0.29) is 0 Å². The average molecular weight is 347 g/mol. The van der Waals surface area contributed by atoms with Crippen molar-refractivity contribution in [2.45, 2.75) is 38.6 Å². The van der Waals surface area contributed by atoms with E-state index < -0.39 is 18.2 Å². The topological polar surface area (TPSA) is 50.5 Å². The first-order valence-electron chi connectivity index (χ1n) is 7.97. The molecule has 0 spiro atoms. The maximum atomic E-state index is 12.6. The van der Waals surface area contributed by atoms with Gasteiger partial charge in [0.05, 0.1) is 11.3 Å². The number of hydrogen-bond acceptors (Lipinski definition) is 4. The summed E-state index contributed by atoms with van der Waals surface area (Å²) in [4.78, 5) is 2.07. The van der Waals surface area contributed by atoms with Gasteiger partial charge in [-0.05, 0) is 38.8 Å². The molecule has 136 valence electrons. The minimum Gasteiger partial charge on any atom is -0.473 e. The van der Waals surface area contributed by atoms with Gasteiger partial charge in [-0.15, -0.1) is 0 Å². The Morgan fingerprint density at radius 3 is 2.58 bits per heavy atom. The van der Waals surface area contributed by atoms with Gasteiger partial charge in [0.2, 0.25) is 5.88 Å². The molecule has 1 aromatic rings. The average Bonchev–Trinajstić information content (AvgIpc) is 2.78. The van der Waals surface area contributed by atoms with Crippen molar-refractivity contribution in [3.05, 3.63) is 23.9 Å². The second kappa shape index (κ2) is 7.57. The van der Waals surface area contributed by atoms with Gasteiger partial charge in [0, 0.05) is 13.6 Å². The fraction of sp³-hybridized carbons (Fsp3) is 0.688. The zero-order valence-corrected chi connectivity index (χ0v) is 14.0. The van der Waals surface area contributed by atoms with Crippen molar-refractivity contribution in [1.82, 2.24) is 14.7 Å². The van der Waals surface area contributed by atoms with Gasteiger partial charge in [-0.3, -0.25) is 4.90 Å². The molecule has 1 N–H and O–H groups in total. The molecule has 0 amide bonds. The number of rotatable bonds is 6. The van der Waals surface area contributed by atoms with E-state index in [0.717, 1.165) is 11.3 Å². The Hall–Kier alpha value is -1.54. The number of aryl methyl sites for hydroxylation is 2. The third kappa shape index (κ3) is 4.30. The molecule has 1 aromatic heterocycles. The number of aliphatic hydroxyl groups is 1. The summed E-state index contributed by atoms with van der Waals surface area (Å²) >= 11 is 0. The third-order valence-corrected chi connectivity index (χ3v) is 4.42. The van der Waals surface area contributed by atoms with Gasteiger partial charge >= 0.3 is 6.18 Å². The summed E-state index contributed by atoms with van der Waals surface area (Å²) in [5, 5.41) is 13.7. The quantitative estimate of drug-likeness (QED) is 0.803. The van der Waals surface area contributed by atoms with Crippen molar-refractivity contribution >= 4 is 0 Å². The standard InChI is InChI=1S/C16H24F3N3O2/c1-4-9-24-15-13(11(2)20-21(15)3)10-22-7-5-12(6-8-22)14(23)16(17,18)19/h4,12,14,23H,1,5-10H2,2-3H3. The summed E-state index contributed by atoms with van der Waals surface area (Å²) in [5.74, 6) is -0.0717. The molecule has 2 rings (SSSR count). The molecule has 1 unspecified atom stereocenters. The van der Waals surface area contributed by atoms with Crippen molar-refractivity contribution < 1.29 is 23.0 Å². The maximum absolute atomic E-state index is 12.6. The summed E-state index contributed by atoms with van der Waals surface area (Å²) in [6.45, 7) is 7.46. The fourth-order valence-corrected chi connectivity index (χ4v) is 3.10. The van der Waals surface area contributed by atoms with Crippen LogP contribution in [0.15, 0.2) is 12.7 Å². The second-order valence-corrected chi connectivity index (χ2v) is 6.19. The lowest BCUT2D eigenvalue weighted by molar-refractivity contribution is -0.223. The smallest absolute Gasteiger partial charge is 0.414 e. The Morgan fingerprint density at radius 1 is 1.42 bits per heavy atom. The minimum absolute atomic E-state index is 0.322. The summed E-state index contributed by atoms with van der Waals surface area (Å²) in [6.07, 6.45) is -4.48. The van der Waals surface area contributed by atoms with Gasteiger partial charge in [-0.2, -0.15) is 18.3 Å². The summed E-state index contributed by atoms with van der Waals surface area (Å²) in [7, 11) is 1.79. The van der Waals surface area contributed by atoms with Crippen LogP contribution in [-0.4, -0.2) is 51.8 Å². The minimum atomic E-state index is -4.54. The van der Waals surface area contributed by atoms with E-state index in [1.54, 1.807) is 17.8 Å². The first-order valence-corrected chi connectivity index (χ1v) is 7.97. The normalized spacial score (nSPS) is 18.6. The summed E-state index contributed by atoms with van der Waals surface area (Å²) < 4.78 is 45.1. The monoisotopic (exact) mass is 347 g/mol. The predicted molar refractivity (Wildman–Crippen MR) is 83.7 cm³/mol. The number of hydrogen-bond donors (Lipinski definition) is 1. The number of ether oxygens (including phenoxy) is 1. The van der Waals surface area contributed by atoms with Crippen LogP contribution in [0.5, 0.6) is 5.88 Å². The highest BCUT2D eigenvalue weighted by Crippen LogP contribution is 2.32. The molecule has 1 fully saturated rings. The zero-order valence-electron chi connectivity index (χ0n) is 14.0. The number of alkyl halides is 3. The van der Waals surface area contributed by atoms with Crippen LogP contribution in [0.1, 0.15) is 24.1 Å².